The molecule has 0 aliphatic heterocycles. The van der Waals surface area contributed by atoms with Gasteiger partial charge in [-0.1, -0.05) is 34.1 Å². The van der Waals surface area contributed by atoms with E-state index in [4.69, 9.17) is 4.74 Å². The first-order valence-corrected chi connectivity index (χ1v) is 15.4. The van der Waals surface area contributed by atoms with Crippen molar-refractivity contribution in [2.45, 2.75) is 91.3 Å². The van der Waals surface area contributed by atoms with Crippen molar-refractivity contribution in [2.75, 3.05) is 20.7 Å². The molecule has 4 fully saturated rings. The zero-order valence-electron chi connectivity index (χ0n) is 22.9. The Morgan fingerprint density at radius 1 is 1.06 bits per heavy atom. The molecule has 4 aliphatic rings. The Morgan fingerprint density at radius 2 is 1.69 bits per heavy atom. The van der Waals surface area contributed by atoms with Crippen LogP contribution < -0.4 is 4.72 Å². The third kappa shape index (κ3) is 4.60. The zero-order chi connectivity index (χ0) is 26.6. The van der Waals surface area contributed by atoms with E-state index < -0.39 is 16.3 Å². The van der Waals surface area contributed by atoms with E-state index in [1.54, 1.807) is 0 Å². The summed E-state index contributed by atoms with van der Waals surface area (Å²) in [6.07, 6.45) is 6.48. The van der Waals surface area contributed by atoms with Crippen LogP contribution >= 0.6 is 0 Å². The molecule has 4 saturated carbocycles. The predicted molar refractivity (Wildman–Crippen MR) is 138 cm³/mol. The van der Waals surface area contributed by atoms with Crippen LogP contribution in [0.2, 0.25) is 0 Å². The molecule has 2 unspecified atom stereocenters. The maximum Gasteiger partial charge on any atom is 0.421 e. The fourth-order valence-corrected chi connectivity index (χ4v) is 9.93. The summed E-state index contributed by atoms with van der Waals surface area (Å²) in [5, 5.41) is 22.3. The minimum atomic E-state index is -3.88. The number of hydrogen-bond donors (Lipinski definition) is 3. The summed E-state index contributed by atoms with van der Waals surface area (Å²) < 4.78 is 32.1. The van der Waals surface area contributed by atoms with Crippen molar-refractivity contribution in [3.05, 3.63) is 0 Å². The molecule has 4 rings (SSSR count). The van der Waals surface area contributed by atoms with E-state index in [1.807, 2.05) is 4.72 Å². The Morgan fingerprint density at radius 3 is 2.33 bits per heavy atom. The van der Waals surface area contributed by atoms with E-state index in [2.05, 4.69) is 27.7 Å². The van der Waals surface area contributed by atoms with E-state index in [0.29, 0.717) is 23.7 Å². The summed E-state index contributed by atoms with van der Waals surface area (Å²) in [6.45, 7) is 9.29. The van der Waals surface area contributed by atoms with Crippen molar-refractivity contribution in [1.29, 1.82) is 0 Å². The molecule has 0 radical (unpaired) electrons. The average Bonchev–Trinajstić information content (AvgIpc) is 3.15. The topological polar surface area (TPSA) is 116 Å². The fraction of sp³-hybridized carbons (Fsp3) is 0.963. The molecule has 0 saturated heterocycles. The highest BCUT2D eigenvalue weighted by molar-refractivity contribution is 7.87. The van der Waals surface area contributed by atoms with Gasteiger partial charge in [0.25, 0.3) is 0 Å². The number of amides is 1. The van der Waals surface area contributed by atoms with Crippen molar-refractivity contribution in [2.24, 2.45) is 52.3 Å². The SMILES string of the molecule is CC[C@H]1[C@@H](O)[C@@H]2C(CCC3(C)[C@@H]([C@H](C)COC(=O)NS(=O)(=O)N(C)C)CC[C@@H]23)[C@@]2(C)CC[C@@H](O)C[C@@H]12. The van der Waals surface area contributed by atoms with Gasteiger partial charge in [-0.3, -0.25) is 0 Å². The second-order valence-corrected chi connectivity index (χ2v) is 15.0. The molecular formula is C27H48N2O6S. The molecule has 8 nitrogen and oxygen atoms in total. The molecule has 11 atom stereocenters. The molecule has 9 heteroatoms. The number of nitrogens with zero attached hydrogens (tertiary/aromatic N) is 1. The highest BCUT2D eigenvalue weighted by atomic mass is 32.2. The van der Waals surface area contributed by atoms with E-state index >= 15 is 0 Å². The Labute approximate surface area is 217 Å². The second-order valence-electron chi connectivity index (χ2n) is 13.1. The maximum absolute atomic E-state index is 12.1. The highest BCUT2D eigenvalue weighted by Crippen LogP contribution is 2.69. The smallest absolute Gasteiger partial charge is 0.421 e. The molecule has 0 aromatic rings. The molecule has 0 spiro atoms. The van der Waals surface area contributed by atoms with Crippen LogP contribution in [-0.2, 0) is 14.9 Å². The van der Waals surface area contributed by atoms with Gasteiger partial charge in [0, 0.05) is 14.1 Å². The van der Waals surface area contributed by atoms with Gasteiger partial charge in [0.2, 0.25) is 0 Å². The Bertz CT molecular complexity index is 927. The summed E-state index contributed by atoms with van der Waals surface area (Å²) in [5.41, 5.74) is 0.237. The normalized spacial score (nSPS) is 45.4. The molecule has 4 aliphatic carbocycles. The molecule has 0 heterocycles. The van der Waals surface area contributed by atoms with Gasteiger partial charge in [0.05, 0.1) is 18.8 Å². The Balaban J connectivity index is 1.49. The van der Waals surface area contributed by atoms with Crippen LogP contribution in [0.15, 0.2) is 0 Å². The quantitative estimate of drug-likeness (QED) is 0.483. The van der Waals surface area contributed by atoms with Gasteiger partial charge in [-0.15, -0.1) is 0 Å². The average molecular weight is 529 g/mol. The lowest BCUT2D eigenvalue weighted by Crippen LogP contribution is -2.62. The standard InChI is InChI=1S/C27H48N2O6S/c1-7-18-22-14-17(30)10-12-27(22,4)21-11-13-26(3)19(8-9-20(26)23(21)24(18)31)16(2)15-35-25(32)28-36(33,34)29(5)6/h16-24,30-31H,7-15H2,1-6H3,(H,28,32)/t16-,17-,18-,19-,20+,21?,22+,23+,24-,26?,27-/m1/s1. The number of rotatable bonds is 6. The number of aliphatic hydroxyl groups excluding tert-OH is 2. The maximum atomic E-state index is 12.1. The van der Waals surface area contributed by atoms with Crippen molar-refractivity contribution < 1.29 is 28.2 Å². The van der Waals surface area contributed by atoms with Gasteiger partial charge in [0.1, 0.15) is 0 Å². The first-order chi connectivity index (χ1) is 16.8. The van der Waals surface area contributed by atoms with Crippen LogP contribution in [0.3, 0.4) is 0 Å². The molecule has 0 aromatic carbocycles. The monoisotopic (exact) mass is 528 g/mol. The lowest BCUT2D eigenvalue weighted by atomic mass is 9.41. The molecule has 0 bridgehead atoms. The molecular weight excluding hydrogens is 480 g/mol. The second kappa shape index (κ2) is 10.0. The third-order valence-electron chi connectivity index (χ3n) is 11.3. The van der Waals surface area contributed by atoms with Gasteiger partial charge in [-0.2, -0.15) is 12.7 Å². The van der Waals surface area contributed by atoms with Crippen molar-refractivity contribution in [3.63, 3.8) is 0 Å². The number of ether oxygens (including phenoxy) is 1. The zero-order valence-corrected chi connectivity index (χ0v) is 23.8. The first kappa shape index (κ1) is 28.1. The number of fused-ring (bicyclic) bond motifs is 5. The van der Waals surface area contributed by atoms with Gasteiger partial charge in [0.15, 0.2) is 0 Å². The number of carbonyl (C=O) groups is 1. The lowest BCUT2D eigenvalue weighted by molar-refractivity contribution is -0.203. The summed E-state index contributed by atoms with van der Waals surface area (Å²) in [4.78, 5) is 12.1. The highest BCUT2D eigenvalue weighted by Gasteiger charge is 2.64. The van der Waals surface area contributed by atoms with E-state index in [-0.39, 0.29) is 47.4 Å². The summed E-state index contributed by atoms with van der Waals surface area (Å²) in [6, 6.07) is 0. The molecule has 36 heavy (non-hydrogen) atoms. The van der Waals surface area contributed by atoms with Crippen LogP contribution in [-0.4, -0.2) is 61.9 Å². The van der Waals surface area contributed by atoms with E-state index in [1.165, 1.54) is 14.1 Å². The Kier molecular flexibility index (Phi) is 7.82. The van der Waals surface area contributed by atoms with Crippen LogP contribution in [0.25, 0.3) is 0 Å². The number of aliphatic hydroxyl groups is 2. The number of nitrogens with one attached hydrogen (secondary N) is 1. The lowest BCUT2D eigenvalue weighted by Gasteiger charge is -2.64. The molecule has 208 valence electrons. The van der Waals surface area contributed by atoms with Gasteiger partial charge in [-0.25, -0.2) is 9.52 Å². The first-order valence-electron chi connectivity index (χ1n) is 14.0. The predicted octanol–water partition coefficient (Wildman–Crippen LogP) is 3.78. The summed E-state index contributed by atoms with van der Waals surface area (Å²) in [7, 11) is -1.16. The molecule has 0 aromatic heterocycles. The Hall–Kier alpha value is -0.900. The minimum absolute atomic E-state index is 0.0623. The largest absolute Gasteiger partial charge is 0.449 e. The van der Waals surface area contributed by atoms with E-state index in [0.717, 1.165) is 55.7 Å². The molecule has 1 amide bonds. The minimum Gasteiger partial charge on any atom is -0.449 e. The van der Waals surface area contributed by atoms with Gasteiger partial charge >= 0.3 is 16.3 Å². The van der Waals surface area contributed by atoms with Gasteiger partial charge in [-0.05, 0) is 97.2 Å². The van der Waals surface area contributed by atoms with Crippen LogP contribution in [0.5, 0.6) is 0 Å². The number of carbonyl (C=O) groups excluding carboxylic acids is 1. The van der Waals surface area contributed by atoms with Crippen LogP contribution in [0.4, 0.5) is 4.79 Å². The molecule has 3 N–H and O–H groups in total. The van der Waals surface area contributed by atoms with Crippen LogP contribution in [0.1, 0.15) is 79.1 Å². The third-order valence-corrected chi connectivity index (χ3v) is 12.7. The van der Waals surface area contributed by atoms with Crippen LogP contribution in [0, 0.1) is 52.3 Å². The van der Waals surface area contributed by atoms with Crippen molar-refractivity contribution in [3.8, 4) is 0 Å². The van der Waals surface area contributed by atoms with Crippen molar-refractivity contribution in [1.82, 2.24) is 9.03 Å². The number of hydrogen-bond acceptors (Lipinski definition) is 6. The van der Waals surface area contributed by atoms with E-state index in [9.17, 15) is 23.4 Å². The summed E-state index contributed by atoms with van der Waals surface area (Å²) in [5.74, 6) is 2.26. The fourth-order valence-electron chi connectivity index (χ4n) is 9.48. The van der Waals surface area contributed by atoms with Crippen molar-refractivity contribution >= 4 is 16.3 Å². The van der Waals surface area contributed by atoms with Gasteiger partial charge < -0.3 is 14.9 Å². The summed E-state index contributed by atoms with van der Waals surface area (Å²) >= 11 is 0.